The summed E-state index contributed by atoms with van der Waals surface area (Å²) >= 11 is 1.56. The Balaban J connectivity index is 1.30. The normalized spacial score (nSPS) is 14.4. The third-order valence-corrected chi connectivity index (χ3v) is 6.11. The van der Waals surface area contributed by atoms with Crippen LogP contribution in [-0.4, -0.2) is 59.9 Å². The molecule has 0 aliphatic carbocycles. The molecule has 2 heterocycles. The van der Waals surface area contributed by atoms with E-state index in [0.29, 0.717) is 32.6 Å². The Kier molecular flexibility index (Phi) is 6.09. The number of carbonyl (C=O) groups is 2. The first-order chi connectivity index (χ1) is 14.6. The zero-order valence-corrected chi connectivity index (χ0v) is 17.6. The molecule has 0 atom stereocenters. The van der Waals surface area contributed by atoms with Crippen LogP contribution in [0.25, 0.3) is 16.3 Å². The maximum atomic E-state index is 12.6. The van der Waals surface area contributed by atoms with Gasteiger partial charge >= 0.3 is 0 Å². The Hall–Kier alpha value is -3.19. The van der Waals surface area contributed by atoms with Crippen LogP contribution in [-0.2, 0) is 16.0 Å². The van der Waals surface area contributed by atoms with Crippen LogP contribution in [0.3, 0.4) is 0 Å². The summed E-state index contributed by atoms with van der Waals surface area (Å²) in [5, 5.41) is 0.816. The molecule has 2 aromatic carbocycles. The smallest absolute Gasteiger partial charge is 0.246 e. The van der Waals surface area contributed by atoms with Gasteiger partial charge in [0.25, 0.3) is 0 Å². The second-order valence-electron chi connectivity index (χ2n) is 7.09. The number of thiazole rings is 1. The summed E-state index contributed by atoms with van der Waals surface area (Å²) in [7, 11) is 1.61. The van der Waals surface area contributed by atoms with E-state index in [1.54, 1.807) is 35.5 Å². The zero-order valence-electron chi connectivity index (χ0n) is 16.8. The van der Waals surface area contributed by atoms with E-state index in [2.05, 4.69) is 4.98 Å². The van der Waals surface area contributed by atoms with Gasteiger partial charge in [0.1, 0.15) is 10.8 Å². The van der Waals surface area contributed by atoms with E-state index in [1.165, 1.54) is 0 Å². The summed E-state index contributed by atoms with van der Waals surface area (Å²) < 4.78 is 6.32. The van der Waals surface area contributed by atoms with Crippen molar-refractivity contribution in [3.05, 3.63) is 65.2 Å². The number of piperazine rings is 1. The number of rotatable bonds is 5. The van der Waals surface area contributed by atoms with E-state index < -0.39 is 0 Å². The predicted molar refractivity (Wildman–Crippen MR) is 119 cm³/mol. The Morgan fingerprint density at radius 1 is 1.07 bits per heavy atom. The van der Waals surface area contributed by atoms with Gasteiger partial charge in [-0.1, -0.05) is 24.3 Å². The van der Waals surface area contributed by atoms with Crippen LogP contribution >= 0.6 is 11.3 Å². The van der Waals surface area contributed by atoms with Gasteiger partial charge in [-0.25, -0.2) is 4.98 Å². The van der Waals surface area contributed by atoms with Crippen LogP contribution in [0, 0.1) is 0 Å². The SMILES string of the molecule is COc1cccc(CC(=O)N2CCN(C(=O)/C=C/c3nc4ccccc4s3)CC2)c1. The van der Waals surface area contributed by atoms with E-state index in [1.807, 2.05) is 53.4 Å². The molecule has 0 N–H and O–H groups in total. The quantitative estimate of drug-likeness (QED) is 0.594. The minimum absolute atomic E-state index is 0.0471. The van der Waals surface area contributed by atoms with E-state index in [4.69, 9.17) is 4.74 Å². The monoisotopic (exact) mass is 421 g/mol. The van der Waals surface area contributed by atoms with Crippen LogP contribution in [0.5, 0.6) is 5.75 Å². The van der Waals surface area contributed by atoms with Crippen LogP contribution in [0.1, 0.15) is 10.6 Å². The molecule has 0 saturated carbocycles. The first-order valence-corrected chi connectivity index (χ1v) is 10.7. The summed E-state index contributed by atoms with van der Waals surface area (Å²) in [6.45, 7) is 2.16. The van der Waals surface area contributed by atoms with Crippen molar-refractivity contribution in [2.45, 2.75) is 6.42 Å². The molecule has 1 fully saturated rings. The molecular formula is C23H23N3O3S. The van der Waals surface area contributed by atoms with Crippen molar-refractivity contribution in [1.29, 1.82) is 0 Å². The number of benzene rings is 2. The van der Waals surface area contributed by atoms with Gasteiger partial charge in [0.05, 0.1) is 23.7 Å². The number of ether oxygens (including phenoxy) is 1. The maximum absolute atomic E-state index is 12.6. The summed E-state index contributed by atoms with van der Waals surface area (Å²) in [5.74, 6) is 0.769. The molecular weight excluding hydrogens is 398 g/mol. The number of fused-ring (bicyclic) bond motifs is 1. The maximum Gasteiger partial charge on any atom is 0.246 e. The van der Waals surface area contributed by atoms with Crippen LogP contribution in [0.2, 0.25) is 0 Å². The number of amides is 2. The number of methoxy groups -OCH3 is 1. The molecule has 0 unspecified atom stereocenters. The van der Waals surface area contributed by atoms with Gasteiger partial charge < -0.3 is 14.5 Å². The summed E-state index contributed by atoms with van der Waals surface area (Å²) in [6, 6.07) is 15.5. The lowest BCUT2D eigenvalue weighted by Crippen LogP contribution is -2.50. The molecule has 1 saturated heterocycles. The highest BCUT2D eigenvalue weighted by molar-refractivity contribution is 7.19. The fraction of sp³-hybridized carbons (Fsp3) is 0.261. The van der Waals surface area contributed by atoms with Crippen molar-refractivity contribution in [2.75, 3.05) is 33.3 Å². The van der Waals surface area contributed by atoms with Crippen LogP contribution in [0.15, 0.2) is 54.6 Å². The van der Waals surface area contributed by atoms with E-state index in [0.717, 1.165) is 26.5 Å². The fourth-order valence-corrected chi connectivity index (χ4v) is 4.32. The molecule has 1 aliphatic heterocycles. The summed E-state index contributed by atoms with van der Waals surface area (Å²) in [6.07, 6.45) is 3.68. The second-order valence-corrected chi connectivity index (χ2v) is 8.15. The minimum Gasteiger partial charge on any atom is -0.497 e. The van der Waals surface area contributed by atoms with Gasteiger partial charge in [-0.2, -0.15) is 0 Å². The van der Waals surface area contributed by atoms with Crippen molar-refractivity contribution in [2.24, 2.45) is 0 Å². The number of hydrogen-bond donors (Lipinski definition) is 0. The number of aromatic nitrogens is 1. The summed E-state index contributed by atoms with van der Waals surface area (Å²) in [5.41, 5.74) is 1.87. The summed E-state index contributed by atoms with van der Waals surface area (Å²) in [4.78, 5) is 33.2. The molecule has 2 amide bonds. The molecule has 6 nitrogen and oxygen atoms in total. The fourth-order valence-electron chi connectivity index (χ4n) is 3.45. The van der Waals surface area contributed by atoms with Gasteiger partial charge in [0, 0.05) is 32.3 Å². The first kappa shape index (κ1) is 20.1. The number of para-hydroxylation sites is 1. The largest absolute Gasteiger partial charge is 0.497 e. The lowest BCUT2D eigenvalue weighted by molar-refractivity contribution is -0.136. The highest BCUT2D eigenvalue weighted by atomic mass is 32.1. The van der Waals surface area contributed by atoms with Crippen molar-refractivity contribution in [3.8, 4) is 5.75 Å². The van der Waals surface area contributed by atoms with Gasteiger partial charge in [-0.3, -0.25) is 9.59 Å². The number of nitrogens with zero attached hydrogens (tertiary/aromatic N) is 3. The molecule has 7 heteroatoms. The molecule has 0 bridgehead atoms. The average molecular weight is 422 g/mol. The zero-order chi connectivity index (χ0) is 20.9. The Morgan fingerprint density at radius 3 is 2.60 bits per heavy atom. The topological polar surface area (TPSA) is 62.7 Å². The van der Waals surface area contributed by atoms with Crippen LogP contribution < -0.4 is 4.74 Å². The lowest BCUT2D eigenvalue weighted by atomic mass is 10.1. The molecule has 0 radical (unpaired) electrons. The van der Waals surface area contributed by atoms with Crippen molar-refractivity contribution >= 4 is 39.4 Å². The standard InChI is InChI=1S/C23H23N3O3S/c1-29-18-6-4-5-17(15-18)16-23(28)26-13-11-25(12-14-26)22(27)10-9-21-24-19-7-2-3-8-20(19)30-21/h2-10,15H,11-14,16H2,1H3/b10-9+. The molecule has 4 rings (SSSR count). The number of carbonyl (C=O) groups excluding carboxylic acids is 2. The third-order valence-electron chi connectivity index (χ3n) is 5.11. The lowest BCUT2D eigenvalue weighted by Gasteiger charge is -2.34. The third kappa shape index (κ3) is 4.68. The predicted octanol–water partition coefficient (Wildman–Crippen LogP) is 3.23. The Labute approximate surface area is 179 Å². The van der Waals surface area contributed by atoms with Gasteiger partial charge in [-0.05, 0) is 35.9 Å². The highest BCUT2D eigenvalue weighted by Gasteiger charge is 2.23. The minimum atomic E-state index is -0.0471. The molecule has 154 valence electrons. The van der Waals surface area contributed by atoms with Crippen molar-refractivity contribution in [3.63, 3.8) is 0 Å². The average Bonchev–Trinajstić information content (AvgIpc) is 3.20. The van der Waals surface area contributed by atoms with E-state index in [-0.39, 0.29) is 11.8 Å². The Bertz CT molecular complexity index is 1050. The second kappa shape index (κ2) is 9.09. The first-order valence-electron chi connectivity index (χ1n) is 9.85. The highest BCUT2D eigenvalue weighted by Crippen LogP contribution is 2.22. The van der Waals surface area contributed by atoms with E-state index >= 15 is 0 Å². The molecule has 1 aliphatic rings. The number of hydrogen-bond acceptors (Lipinski definition) is 5. The molecule has 0 spiro atoms. The van der Waals surface area contributed by atoms with Crippen LogP contribution in [0.4, 0.5) is 0 Å². The Morgan fingerprint density at radius 2 is 1.83 bits per heavy atom. The van der Waals surface area contributed by atoms with Gasteiger partial charge in [0.15, 0.2) is 0 Å². The van der Waals surface area contributed by atoms with Gasteiger partial charge in [0.2, 0.25) is 11.8 Å². The van der Waals surface area contributed by atoms with E-state index in [9.17, 15) is 9.59 Å². The van der Waals surface area contributed by atoms with Gasteiger partial charge in [-0.15, -0.1) is 11.3 Å². The molecule has 30 heavy (non-hydrogen) atoms. The van der Waals surface area contributed by atoms with Crippen molar-refractivity contribution < 1.29 is 14.3 Å². The van der Waals surface area contributed by atoms with Crippen molar-refractivity contribution in [1.82, 2.24) is 14.8 Å². The molecule has 3 aromatic rings. The molecule has 1 aromatic heterocycles.